The van der Waals surface area contributed by atoms with Gasteiger partial charge < -0.3 is 4.98 Å². The zero-order valence-electron chi connectivity index (χ0n) is 14.0. The van der Waals surface area contributed by atoms with Crippen LogP contribution in [0.15, 0.2) is 59.4 Å². The molecule has 0 saturated heterocycles. The van der Waals surface area contributed by atoms with Crippen molar-refractivity contribution >= 4 is 22.7 Å². The van der Waals surface area contributed by atoms with Crippen LogP contribution in [0.3, 0.4) is 0 Å². The minimum Gasteiger partial charge on any atom is -0.337 e. The van der Waals surface area contributed by atoms with Gasteiger partial charge in [-0.1, -0.05) is 30.3 Å². The molecule has 2 aromatic heterocycles. The first-order chi connectivity index (χ1) is 12.7. The van der Waals surface area contributed by atoms with Gasteiger partial charge >= 0.3 is 0 Å². The van der Waals surface area contributed by atoms with Crippen molar-refractivity contribution in [3.05, 3.63) is 82.0 Å². The number of aromatic nitrogens is 4. The molecule has 0 saturated carbocycles. The van der Waals surface area contributed by atoms with E-state index in [1.165, 1.54) is 4.68 Å². The van der Waals surface area contributed by atoms with Gasteiger partial charge in [-0.15, -0.1) is 0 Å². The van der Waals surface area contributed by atoms with E-state index in [2.05, 4.69) is 21.1 Å². The van der Waals surface area contributed by atoms with Gasteiger partial charge in [-0.05, 0) is 37.3 Å². The molecule has 6 nitrogen and oxygen atoms in total. The number of hydrogen-bond donors (Lipinski definition) is 2. The molecule has 0 amide bonds. The van der Waals surface area contributed by atoms with E-state index in [-0.39, 0.29) is 5.56 Å². The Labute approximate surface area is 149 Å². The summed E-state index contributed by atoms with van der Waals surface area (Å²) in [6.45, 7) is 1.81. The van der Waals surface area contributed by atoms with E-state index in [4.69, 9.17) is 0 Å². The quantitative estimate of drug-likeness (QED) is 0.560. The molecule has 2 aromatic carbocycles. The summed E-state index contributed by atoms with van der Waals surface area (Å²) < 4.78 is 1.47. The Bertz CT molecular complexity index is 1190. The lowest BCUT2D eigenvalue weighted by molar-refractivity contribution is 0.835. The zero-order valence-corrected chi connectivity index (χ0v) is 14.0. The SMILES string of the molecule is Cc1[nH]n(-c2ccccc2)c(=O)c1/C=C(\C#N)c1nc2ccccc2[nH]1. The number of para-hydroxylation sites is 3. The lowest BCUT2D eigenvalue weighted by Crippen LogP contribution is -2.15. The zero-order chi connectivity index (χ0) is 18.1. The fourth-order valence-electron chi connectivity index (χ4n) is 2.87. The first-order valence-corrected chi connectivity index (χ1v) is 8.11. The highest BCUT2D eigenvalue weighted by atomic mass is 16.1. The summed E-state index contributed by atoms with van der Waals surface area (Å²) in [5.74, 6) is 0.444. The Hall–Kier alpha value is -3.85. The highest BCUT2D eigenvalue weighted by molar-refractivity contribution is 5.90. The van der Waals surface area contributed by atoms with Crippen LogP contribution >= 0.6 is 0 Å². The van der Waals surface area contributed by atoms with E-state index < -0.39 is 0 Å². The van der Waals surface area contributed by atoms with Gasteiger partial charge in [-0.25, -0.2) is 9.67 Å². The predicted molar refractivity (Wildman–Crippen MR) is 101 cm³/mol. The molecule has 0 radical (unpaired) electrons. The smallest absolute Gasteiger partial charge is 0.278 e. The largest absolute Gasteiger partial charge is 0.337 e. The van der Waals surface area contributed by atoms with Crippen molar-refractivity contribution in [3.8, 4) is 11.8 Å². The van der Waals surface area contributed by atoms with Crippen LogP contribution in [-0.4, -0.2) is 19.7 Å². The lowest BCUT2D eigenvalue weighted by Gasteiger charge is -1.99. The molecule has 4 rings (SSSR count). The number of rotatable bonds is 3. The summed E-state index contributed by atoms with van der Waals surface area (Å²) in [6, 6.07) is 19.0. The van der Waals surface area contributed by atoms with E-state index in [0.717, 1.165) is 16.7 Å². The van der Waals surface area contributed by atoms with Crippen LogP contribution in [0, 0.1) is 18.3 Å². The highest BCUT2D eigenvalue weighted by Crippen LogP contribution is 2.19. The molecule has 4 aromatic rings. The van der Waals surface area contributed by atoms with Crippen molar-refractivity contribution in [2.45, 2.75) is 6.92 Å². The van der Waals surface area contributed by atoms with Crippen LogP contribution in [0.1, 0.15) is 17.1 Å². The van der Waals surface area contributed by atoms with Crippen LogP contribution in [0.5, 0.6) is 0 Å². The number of benzene rings is 2. The number of hydrogen-bond acceptors (Lipinski definition) is 3. The van der Waals surface area contributed by atoms with Gasteiger partial charge in [0.05, 0.1) is 27.9 Å². The predicted octanol–water partition coefficient (Wildman–Crippen LogP) is 3.41. The molecule has 2 N–H and O–H groups in total. The summed E-state index contributed by atoms with van der Waals surface area (Å²) in [7, 11) is 0. The topological polar surface area (TPSA) is 90.3 Å². The molecule has 0 aliphatic carbocycles. The molecule has 0 aliphatic rings. The molecule has 2 heterocycles. The Balaban J connectivity index is 1.83. The molecule has 0 atom stereocenters. The van der Waals surface area contributed by atoms with E-state index in [0.29, 0.717) is 22.7 Å². The molecule has 0 unspecified atom stereocenters. The van der Waals surface area contributed by atoms with Gasteiger partial charge in [-0.2, -0.15) is 5.26 Å². The number of aryl methyl sites for hydroxylation is 1. The number of imidazole rings is 1. The number of fused-ring (bicyclic) bond motifs is 1. The summed E-state index contributed by atoms with van der Waals surface area (Å²) in [4.78, 5) is 20.4. The summed E-state index contributed by atoms with van der Waals surface area (Å²) >= 11 is 0. The molecule has 0 bridgehead atoms. The molecular weight excluding hydrogens is 326 g/mol. The highest BCUT2D eigenvalue weighted by Gasteiger charge is 2.14. The average Bonchev–Trinajstić information content (AvgIpc) is 3.22. The molecule has 0 fully saturated rings. The Kier molecular flexibility index (Phi) is 3.75. The van der Waals surface area contributed by atoms with Gasteiger partial charge in [0.25, 0.3) is 5.56 Å². The molecule has 0 aliphatic heterocycles. The second-order valence-electron chi connectivity index (χ2n) is 5.90. The molecule has 6 heteroatoms. The molecule has 126 valence electrons. The maximum Gasteiger partial charge on any atom is 0.278 e. The van der Waals surface area contributed by atoms with Crippen LogP contribution in [0.4, 0.5) is 0 Å². The third-order valence-electron chi connectivity index (χ3n) is 4.19. The van der Waals surface area contributed by atoms with Gasteiger partial charge in [0.15, 0.2) is 0 Å². The van der Waals surface area contributed by atoms with Crippen LogP contribution in [0.2, 0.25) is 0 Å². The minimum atomic E-state index is -0.211. The van der Waals surface area contributed by atoms with Crippen LogP contribution < -0.4 is 5.56 Å². The van der Waals surface area contributed by atoms with Crippen molar-refractivity contribution in [2.24, 2.45) is 0 Å². The van der Waals surface area contributed by atoms with Gasteiger partial charge in [-0.3, -0.25) is 9.89 Å². The summed E-state index contributed by atoms with van der Waals surface area (Å²) in [5.41, 5.74) is 3.57. The summed E-state index contributed by atoms with van der Waals surface area (Å²) in [6.07, 6.45) is 1.57. The minimum absolute atomic E-state index is 0.211. The van der Waals surface area contributed by atoms with Crippen molar-refractivity contribution in [1.82, 2.24) is 19.7 Å². The molecule has 26 heavy (non-hydrogen) atoms. The fourth-order valence-corrected chi connectivity index (χ4v) is 2.87. The number of aromatic amines is 2. The maximum atomic E-state index is 12.8. The number of allylic oxidation sites excluding steroid dienone is 1. The monoisotopic (exact) mass is 341 g/mol. The van der Waals surface area contributed by atoms with Crippen molar-refractivity contribution < 1.29 is 0 Å². The lowest BCUT2D eigenvalue weighted by atomic mass is 10.1. The van der Waals surface area contributed by atoms with Crippen LogP contribution in [-0.2, 0) is 0 Å². The van der Waals surface area contributed by atoms with E-state index in [1.54, 1.807) is 13.0 Å². The third-order valence-corrected chi connectivity index (χ3v) is 4.19. The number of nitriles is 1. The number of nitrogens with zero attached hydrogens (tertiary/aromatic N) is 3. The standard InChI is InChI=1S/C20H15N5O/c1-13-16(20(26)25(24-13)15-7-3-2-4-8-15)11-14(12-21)19-22-17-9-5-6-10-18(17)23-19/h2-11,24H,1H3,(H,22,23)/b14-11+. The van der Waals surface area contributed by atoms with Gasteiger partial charge in [0, 0.05) is 5.69 Å². The van der Waals surface area contributed by atoms with Gasteiger partial charge in [0.1, 0.15) is 11.9 Å². The summed E-state index contributed by atoms with van der Waals surface area (Å²) in [5, 5.41) is 12.6. The Morgan fingerprint density at radius 1 is 1.15 bits per heavy atom. The average molecular weight is 341 g/mol. The second kappa shape index (κ2) is 6.22. The van der Waals surface area contributed by atoms with Crippen molar-refractivity contribution in [1.29, 1.82) is 5.26 Å². The first kappa shape index (κ1) is 15.7. The van der Waals surface area contributed by atoms with E-state index in [1.807, 2.05) is 54.6 Å². The maximum absolute atomic E-state index is 12.8. The van der Waals surface area contributed by atoms with Crippen molar-refractivity contribution in [3.63, 3.8) is 0 Å². The first-order valence-electron chi connectivity index (χ1n) is 8.11. The number of H-pyrrole nitrogens is 2. The number of nitrogens with one attached hydrogen (secondary N) is 2. The van der Waals surface area contributed by atoms with E-state index >= 15 is 0 Å². The normalized spacial score (nSPS) is 11.6. The molecule has 0 spiro atoms. The third kappa shape index (κ3) is 2.62. The molecular formula is C20H15N5O. The Morgan fingerprint density at radius 2 is 1.88 bits per heavy atom. The Morgan fingerprint density at radius 3 is 2.62 bits per heavy atom. The van der Waals surface area contributed by atoms with Crippen LogP contribution in [0.25, 0.3) is 28.4 Å². The second-order valence-corrected chi connectivity index (χ2v) is 5.90. The van der Waals surface area contributed by atoms with Crippen molar-refractivity contribution in [2.75, 3.05) is 0 Å². The fraction of sp³-hybridized carbons (Fsp3) is 0.0500. The van der Waals surface area contributed by atoms with E-state index in [9.17, 15) is 10.1 Å². The van der Waals surface area contributed by atoms with Gasteiger partial charge in [0.2, 0.25) is 0 Å².